The molecule has 0 bridgehead atoms. The predicted octanol–water partition coefficient (Wildman–Crippen LogP) is 0.638. The minimum Gasteiger partial charge on any atom is -0.464 e. The number of aromatic nitrogens is 5. The van der Waals surface area contributed by atoms with Gasteiger partial charge in [0, 0.05) is 13.2 Å². The van der Waals surface area contributed by atoms with Gasteiger partial charge in [-0.15, -0.1) is 0 Å². The van der Waals surface area contributed by atoms with E-state index in [4.69, 9.17) is 10.5 Å². The third kappa shape index (κ3) is 2.65. The maximum Gasteiger partial charge on any atom is 0.323 e. The number of anilines is 3. The number of hydrogen-bond donors (Lipinski definition) is 2. The summed E-state index contributed by atoms with van der Waals surface area (Å²) < 4.78 is 6.90. The first-order valence-corrected chi connectivity index (χ1v) is 5.50. The molecule has 8 heteroatoms. The van der Waals surface area contributed by atoms with Crippen LogP contribution in [0.2, 0.25) is 0 Å². The SMILES string of the molecule is CCOc1nc(N)nc(Nc2cn(C)nc2C)n1. The van der Waals surface area contributed by atoms with Crippen LogP contribution in [0.25, 0.3) is 0 Å². The zero-order valence-corrected chi connectivity index (χ0v) is 10.5. The van der Waals surface area contributed by atoms with E-state index in [1.165, 1.54) is 0 Å². The van der Waals surface area contributed by atoms with E-state index >= 15 is 0 Å². The zero-order chi connectivity index (χ0) is 13.1. The van der Waals surface area contributed by atoms with E-state index in [2.05, 4.69) is 25.4 Å². The van der Waals surface area contributed by atoms with Gasteiger partial charge in [-0.25, -0.2) is 0 Å². The molecule has 3 N–H and O–H groups in total. The normalized spacial score (nSPS) is 10.4. The number of hydrogen-bond acceptors (Lipinski definition) is 7. The second kappa shape index (κ2) is 4.86. The van der Waals surface area contributed by atoms with Crippen molar-refractivity contribution in [2.24, 2.45) is 7.05 Å². The van der Waals surface area contributed by atoms with Crippen LogP contribution in [0.3, 0.4) is 0 Å². The van der Waals surface area contributed by atoms with Crippen molar-refractivity contribution in [3.8, 4) is 6.01 Å². The molecule has 2 aromatic rings. The minimum absolute atomic E-state index is 0.109. The number of rotatable bonds is 4. The third-order valence-electron chi connectivity index (χ3n) is 2.17. The fourth-order valence-corrected chi connectivity index (χ4v) is 1.46. The van der Waals surface area contributed by atoms with Crippen LogP contribution < -0.4 is 15.8 Å². The molecule has 0 fully saturated rings. The second-order valence-electron chi connectivity index (χ2n) is 3.66. The number of ether oxygens (including phenoxy) is 1. The van der Waals surface area contributed by atoms with E-state index in [0.717, 1.165) is 11.4 Å². The first-order chi connectivity index (χ1) is 8.58. The van der Waals surface area contributed by atoms with Gasteiger partial charge in [-0.05, 0) is 13.8 Å². The highest BCUT2D eigenvalue weighted by molar-refractivity contribution is 5.55. The summed E-state index contributed by atoms with van der Waals surface area (Å²) in [6.45, 7) is 4.20. The van der Waals surface area contributed by atoms with Gasteiger partial charge in [0.15, 0.2) is 0 Å². The monoisotopic (exact) mass is 249 g/mol. The largest absolute Gasteiger partial charge is 0.464 e. The molecule has 2 rings (SSSR count). The standard InChI is InChI=1S/C10H15N7O/c1-4-18-10-14-8(11)13-9(15-10)12-7-5-17(3)16-6(7)2/h5H,4H2,1-3H3,(H3,11,12,13,14,15). The molecule has 2 aromatic heterocycles. The van der Waals surface area contributed by atoms with Crippen molar-refractivity contribution in [1.82, 2.24) is 24.7 Å². The molecule has 0 spiro atoms. The molecule has 0 aliphatic rings. The topological polar surface area (TPSA) is 104 Å². The van der Waals surface area contributed by atoms with Crippen molar-refractivity contribution in [1.29, 1.82) is 0 Å². The number of nitrogens with zero attached hydrogens (tertiary/aromatic N) is 5. The smallest absolute Gasteiger partial charge is 0.323 e. The predicted molar refractivity (Wildman–Crippen MR) is 66.6 cm³/mol. The highest BCUT2D eigenvalue weighted by atomic mass is 16.5. The lowest BCUT2D eigenvalue weighted by atomic mass is 10.4. The van der Waals surface area contributed by atoms with Crippen LogP contribution in [-0.4, -0.2) is 31.3 Å². The molecule has 96 valence electrons. The van der Waals surface area contributed by atoms with Crippen LogP contribution in [0.15, 0.2) is 6.20 Å². The molecule has 0 amide bonds. The van der Waals surface area contributed by atoms with Crippen molar-refractivity contribution in [2.45, 2.75) is 13.8 Å². The molecular weight excluding hydrogens is 234 g/mol. The highest BCUT2D eigenvalue weighted by Crippen LogP contribution is 2.18. The van der Waals surface area contributed by atoms with Gasteiger partial charge in [0.25, 0.3) is 0 Å². The van der Waals surface area contributed by atoms with Gasteiger partial charge in [-0.1, -0.05) is 0 Å². The van der Waals surface area contributed by atoms with Gasteiger partial charge in [0.05, 0.1) is 18.0 Å². The van der Waals surface area contributed by atoms with Crippen molar-refractivity contribution in [2.75, 3.05) is 17.7 Å². The molecule has 0 radical (unpaired) electrons. The molecule has 2 heterocycles. The van der Waals surface area contributed by atoms with E-state index in [1.54, 1.807) is 4.68 Å². The third-order valence-corrected chi connectivity index (χ3v) is 2.17. The van der Waals surface area contributed by atoms with Gasteiger partial charge >= 0.3 is 6.01 Å². The van der Waals surface area contributed by atoms with E-state index in [1.807, 2.05) is 27.1 Å². The maximum atomic E-state index is 5.58. The minimum atomic E-state index is 0.109. The summed E-state index contributed by atoms with van der Waals surface area (Å²) in [4.78, 5) is 12.0. The lowest BCUT2D eigenvalue weighted by Gasteiger charge is -2.06. The quantitative estimate of drug-likeness (QED) is 0.819. The van der Waals surface area contributed by atoms with Crippen molar-refractivity contribution in [3.63, 3.8) is 0 Å². The Kier molecular flexibility index (Phi) is 3.26. The van der Waals surface area contributed by atoms with Crippen LogP contribution in [0.4, 0.5) is 17.6 Å². The molecule has 0 aliphatic heterocycles. The van der Waals surface area contributed by atoms with Crippen LogP contribution >= 0.6 is 0 Å². The second-order valence-corrected chi connectivity index (χ2v) is 3.66. The van der Waals surface area contributed by atoms with Gasteiger partial charge < -0.3 is 15.8 Å². The van der Waals surface area contributed by atoms with E-state index in [0.29, 0.717) is 12.6 Å². The van der Waals surface area contributed by atoms with E-state index in [9.17, 15) is 0 Å². The summed E-state index contributed by atoms with van der Waals surface area (Å²) in [5.41, 5.74) is 7.24. The average molecular weight is 249 g/mol. The maximum absolute atomic E-state index is 5.58. The molecule has 0 saturated carbocycles. The Hall–Kier alpha value is -2.38. The molecular formula is C10H15N7O. The van der Waals surface area contributed by atoms with Gasteiger partial charge in [0.2, 0.25) is 11.9 Å². The molecule has 0 saturated heterocycles. The van der Waals surface area contributed by atoms with Crippen LogP contribution in [0.1, 0.15) is 12.6 Å². The molecule has 8 nitrogen and oxygen atoms in total. The Bertz CT molecular complexity index is 551. The first-order valence-electron chi connectivity index (χ1n) is 5.50. The Morgan fingerprint density at radius 3 is 2.78 bits per heavy atom. The van der Waals surface area contributed by atoms with Crippen LogP contribution in [-0.2, 0) is 7.05 Å². The molecule has 18 heavy (non-hydrogen) atoms. The average Bonchev–Trinajstić information content (AvgIpc) is 2.57. The summed E-state index contributed by atoms with van der Waals surface area (Å²) in [5, 5.41) is 7.24. The van der Waals surface area contributed by atoms with Crippen LogP contribution in [0.5, 0.6) is 6.01 Å². The molecule has 0 unspecified atom stereocenters. The Balaban J connectivity index is 2.25. The fourth-order valence-electron chi connectivity index (χ4n) is 1.46. The lowest BCUT2D eigenvalue weighted by molar-refractivity contribution is 0.312. The molecule has 0 atom stereocenters. The summed E-state index contributed by atoms with van der Waals surface area (Å²) in [7, 11) is 1.84. The number of nitrogens with two attached hydrogens (primary N) is 1. The molecule has 0 aromatic carbocycles. The van der Waals surface area contributed by atoms with Gasteiger partial charge in [-0.3, -0.25) is 4.68 Å². The van der Waals surface area contributed by atoms with Crippen LogP contribution in [0, 0.1) is 6.92 Å². The molecule has 0 aliphatic carbocycles. The summed E-state index contributed by atoms with van der Waals surface area (Å²) in [5.74, 6) is 0.444. The van der Waals surface area contributed by atoms with Crippen molar-refractivity contribution < 1.29 is 4.74 Å². The Morgan fingerprint density at radius 1 is 1.39 bits per heavy atom. The Morgan fingerprint density at radius 2 is 2.17 bits per heavy atom. The lowest BCUT2D eigenvalue weighted by Crippen LogP contribution is -2.06. The fraction of sp³-hybridized carbons (Fsp3) is 0.400. The number of aryl methyl sites for hydroxylation is 2. The van der Waals surface area contributed by atoms with Crippen molar-refractivity contribution >= 4 is 17.6 Å². The van der Waals surface area contributed by atoms with Gasteiger partial charge in [-0.2, -0.15) is 20.1 Å². The summed E-state index contributed by atoms with van der Waals surface area (Å²) in [6.07, 6.45) is 1.83. The summed E-state index contributed by atoms with van der Waals surface area (Å²) >= 11 is 0. The number of nitrogens with one attached hydrogen (secondary N) is 1. The van der Waals surface area contributed by atoms with E-state index < -0.39 is 0 Å². The van der Waals surface area contributed by atoms with Crippen molar-refractivity contribution in [3.05, 3.63) is 11.9 Å². The Labute approximate surface area is 104 Å². The summed E-state index contributed by atoms with van der Waals surface area (Å²) in [6, 6.07) is 0.203. The first kappa shape index (κ1) is 12.1. The highest BCUT2D eigenvalue weighted by Gasteiger charge is 2.08. The van der Waals surface area contributed by atoms with Gasteiger partial charge in [0.1, 0.15) is 0 Å². The van der Waals surface area contributed by atoms with E-state index in [-0.39, 0.29) is 12.0 Å². The zero-order valence-electron chi connectivity index (χ0n) is 10.5. The number of nitrogen functional groups attached to an aromatic ring is 1.